The molecule has 0 aliphatic rings. The number of fused-ring (bicyclic) bond motifs is 1. The highest BCUT2D eigenvalue weighted by Crippen LogP contribution is 2.28. The lowest BCUT2D eigenvalue weighted by Gasteiger charge is -2.06. The molecule has 78 valence electrons. The average Bonchev–Trinajstić information content (AvgIpc) is 2.29. The third-order valence-corrected chi connectivity index (χ3v) is 3.51. The first-order valence-corrected chi connectivity index (χ1v) is 6.36. The van der Waals surface area contributed by atoms with Gasteiger partial charge in [0.2, 0.25) is 5.88 Å². The van der Waals surface area contributed by atoms with E-state index in [1.54, 1.807) is 7.11 Å². The number of alkyl halides is 1. The van der Waals surface area contributed by atoms with Crippen molar-refractivity contribution in [3.05, 3.63) is 34.3 Å². The van der Waals surface area contributed by atoms with E-state index in [0.29, 0.717) is 5.88 Å². The van der Waals surface area contributed by atoms with Crippen LogP contribution in [-0.2, 0) is 5.33 Å². The van der Waals surface area contributed by atoms with E-state index in [2.05, 4.69) is 36.8 Å². The van der Waals surface area contributed by atoms with Gasteiger partial charge in [0, 0.05) is 21.3 Å². The van der Waals surface area contributed by atoms with Crippen LogP contribution in [0, 0.1) is 0 Å². The maximum Gasteiger partial charge on any atom is 0.213 e. The largest absolute Gasteiger partial charge is 0.481 e. The van der Waals surface area contributed by atoms with E-state index in [4.69, 9.17) is 4.74 Å². The number of hydrogen-bond donors (Lipinski definition) is 0. The minimum atomic E-state index is 0.641. The molecule has 0 amide bonds. The van der Waals surface area contributed by atoms with E-state index in [-0.39, 0.29) is 0 Å². The lowest BCUT2D eigenvalue weighted by molar-refractivity contribution is 0.399. The van der Waals surface area contributed by atoms with Crippen molar-refractivity contribution in [2.45, 2.75) is 5.33 Å². The molecule has 4 heteroatoms. The van der Waals surface area contributed by atoms with Gasteiger partial charge in [-0.1, -0.05) is 37.9 Å². The van der Waals surface area contributed by atoms with E-state index in [9.17, 15) is 0 Å². The molecule has 0 saturated carbocycles. The van der Waals surface area contributed by atoms with Crippen LogP contribution in [0.5, 0.6) is 5.88 Å². The second-order valence-electron chi connectivity index (χ2n) is 3.09. The Bertz CT molecular complexity index is 499. The minimum absolute atomic E-state index is 0.641. The number of methoxy groups -OCH3 is 1. The first-order chi connectivity index (χ1) is 7.26. The lowest BCUT2D eigenvalue weighted by atomic mass is 10.1. The van der Waals surface area contributed by atoms with Crippen LogP contribution in [0.3, 0.4) is 0 Å². The molecular formula is C11H9Br2NO. The summed E-state index contributed by atoms with van der Waals surface area (Å²) in [6, 6.07) is 7.96. The van der Waals surface area contributed by atoms with Crippen molar-refractivity contribution in [2.24, 2.45) is 0 Å². The summed E-state index contributed by atoms with van der Waals surface area (Å²) < 4.78 is 6.17. The molecule has 0 spiro atoms. The molecule has 2 rings (SSSR count). The molecule has 0 N–H and O–H groups in total. The molecule has 2 aromatic rings. The zero-order chi connectivity index (χ0) is 10.8. The Morgan fingerprint density at radius 2 is 2.07 bits per heavy atom. The summed E-state index contributed by atoms with van der Waals surface area (Å²) in [6.45, 7) is 0. The standard InChI is InChI=1S/C11H9Br2NO/c1-15-10-5-3-8-9(13)4-2-7(6-12)11(8)14-10/h2-5H,6H2,1H3. The van der Waals surface area contributed by atoms with Crippen molar-refractivity contribution in [2.75, 3.05) is 7.11 Å². The molecule has 0 aliphatic heterocycles. The molecule has 0 saturated heterocycles. The van der Waals surface area contributed by atoms with E-state index >= 15 is 0 Å². The van der Waals surface area contributed by atoms with Gasteiger partial charge in [-0.15, -0.1) is 0 Å². The van der Waals surface area contributed by atoms with Gasteiger partial charge in [-0.2, -0.15) is 0 Å². The van der Waals surface area contributed by atoms with Gasteiger partial charge in [-0.25, -0.2) is 4.98 Å². The van der Waals surface area contributed by atoms with Gasteiger partial charge in [-0.3, -0.25) is 0 Å². The average molecular weight is 331 g/mol. The number of ether oxygens (including phenoxy) is 1. The van der Waals surface area contributed by atoms with Crippen molar-refractivity contribution in [1.29, 1.82) is 0 Å². The van der Waals surface area contributed by atoms with E-state index in [1.807, 2.05) is 24.3 Å². The molecule has 1 aromatic carbocycles. The van der Waals surface area contributed by atoms with Gasteiger partial charge in [0.25, 0.3) is 0 Å². The zero-order valence-electron chi connectivity index (χ0n) is 8.13. The molecule has 0 atom stereocenters. The third kappa shape index (κ3) is 2.01. The van der Waals surface area contributed by atoms with Gasteiger partial charge in [0.05, 0.1) is 12.6 Å². The maximum atomic E-state index is 5.12. The van der Waals surface area contributed by atoms with Crippen LogP contribution in [0.4, 0.5) is 0 Å². The number of rotatable bonds is 2. The van der Waals surface area contributed by atoms with Gasteiger partial charge in [0.1, 0.15) is 0 Å². The Hall–Kier alpha value is -0.610. The SMILES string of the molecule is COc1ccc2c(Br)ccc(CBr)c2n1. The van der Waals surface area contributed by atoms with Gasteiger partial charge in [0.15, 0.2) is 0 Å². The molecule has 15 heavy (non-hydrogen) atoms. The van der Waals surface area contributed by atoms with Crippen molar-refractivity contribution >= 4 is 42.8 Å². The maximum absolute atomic E-state index is 5.12. The Kier molecular flexibility index (Phi) is 3.26. The highest BCUT2D eigenvalue weighted by molar-refractivity contribution is 9.10. The second kappa shape index (κ2) is 4.49. The van der Waals surface area contributed by atoms with Crippen LogP contribution < -0.4 is 4.74 Å². The van der Waals surface area contributed by atoms with E-state index in [1.165, 1.54) is 0 Å². The van der Waals surface area contributed by atoms with E-state index < -0.39 is 0 Å². The first kappa shape index (κ1) is 10.9. The van der Waals surface area contributed by atoms with Gasteiger partial charge in [-0.05, 0) is 17.7 Å². The number of nitrogens with zero attached hydrogens (tertiary/aromatic N) is 1. The van der Waals surface area contributed by atoms with Crippen LogP contribution in [0.1, 0.15) is 5.56 Å². The normalized spacial score (nSPS) is 10.6. The molecule has 0 fully saturated rings. The first-order valence-electron chi connectivity index (χ1n) is 4.44. The quantitative estimate of drug-likeness (QED) is 0.779. The summed E-state index contributed by atoms with van der Waals surface area (Å²) in [5.74, 6) is 0.641. The summed E-state index contributed by atoms with van der Waals surface area (Å²) in [5, 5.41) is 1.89. The minimum Gasteiger partial charge on any atom is -0.481 e. The van der Waals surface area contributed by atoms with Crippen LogP contribution in [-0.4, -0.2) is 12.1 Å². The molecule has 0 aliphatic carbocycles. The Morgan fingerprint density at radius 1 is 1.27 bits per heavy atom. The predicted molar refractivity (Wildman–Crippen MR) is 68.6 cm³/mol. The second-order valence-corrected chi connectivity index (χ2v) is 4.50. The lowest BCUT2D eigenvalue weighted by Crippen LogP contribution is -1.91. The molecular weight excluding hydrogens is 322 g/mol. The van der Waals surface area contributed by atoms with Crippen molar-refractivity contribution in [3.8, 4) is 5.88 Å². The molecule has 0 radical (unpaired) electrons. The Balaban J connectivity index is 2.77. The fourth-order valence-corrected chi connectivity index (χ4v) is 2.35. The number of pyridine rings is 1. The number of aromatic nitrogens is 1. The highest BCUT2D eigenvalue weighted by Gasteiger charge is 2.06. The van der Waals surface area contributed by atoms with Gasteiger partial charge >= 0.3 is 0 Å². The molecule has 1 aromatic heterocycles. The molecule has 1 heterocycles. The summed E-state index contributed by atoms with van der Waals surface area (Å²) in [4.78, 5) is 4.44. The summed E-state index contributed by atoms with van der Waals surface area (Å²) in [5.41, 5.74) is 2.13. The zero-order valence-corrected chi connectivity index (χ0v) is 11.3. The molecule has 0 unspecified atom stereocenters. The summed E-state index contributed by atoms with van der Waals surface area (Å²) >= 11 is 6.96. The van der Waals surface area contributed by atoms with Crippen LogP contribution in [0.25, 0.3) is 10.9 Å². The number of benzene rings is 1. The van der Waals surface area contributed by atoms with Crippen LogP contribution in [0.15, 0.2) is 28.7 Å². The predicted octanol–water partition coefficient (Wildman–Crippen LogP) is 3.90. The molecule has 0 bridgehead atoms. The number of hydrogen-bond acceptors (Lipinski definition) is 2. The Morgan fingerprint density at radius 3 is 2.73 bits per heavy atom. The summed E-state index contributed by atoms with van der Waals surface area (Å²) in [6.07, 6.45) is 0. The van der Waals surface area contributed by atoms with Gasteiger partial charge < -0.3 is 4.74 Å². The highest BCUT2D eigenvalue weighted by atomic mass is 79.9. The van der Waals surface area contributed by atoms with Crippen molar-refractivity contribution in [3.63, 3.8) is 0 Å². The topological polar surface area (TPSA) is 22.1 Å². The fraction of sp³-hybridized carbons (Fsp3) is 0.182. The van der Waals surface area contributed by atoms with Crippen LogP contribution >= 0.6 is 31.9 Å². The monoisotopic (exact) mass is 329 g/mol. The Labute approximate surface area is 105 Å². The van der Waals surface area contributed by atoms with E-state index in [0.717, 1.165) is 26.3 Å². The van der Waals surface area contributed by atoms with Crippen molar-refractivity contribution < 1.29 is 4.74 Å². The number of halogens is 2. The summed E-state index contributed by atoms with van der Waals surface area (Å²) in [7, 11) is 1.62. The third-order valence-electron chi connectivity index (χ3n) is 2.22. The molecule has 2 nitrogen and oxygen atoms in total. The van der Waals surface area contributed by atoms with Crippen LogP contribution in [0.2, 0.25) is 0 Å². The fourth-order valence-electron chi connectivity index (χ4n) is 1.44. The smallest absolute Gasteiger partial charge is 0.213 e. The van der Waals surface area contributed by atoms with Crippen molar-refractivity contribution in [1.82, 2.24) is 4.98 Å².